The molecular weight excluding hydrogens is 468 g/mol. The third-order valence-electron chi connectivity index (χ3n) is 4.00. The highest BCUT2D eigenvalue weighted by Gasteiger charge is 1.99. The quantitative estimate of drug-likeness (QED) is 0.156. The molecular formula is C24H22ClF2N3S2. The number of nitrogens with two attached hydrogens (primary N) is 2. The van der Waals surface area contributed by atoms with E-state index >= 15 is 0 Å². The third kappa shape index (κ3) is 8.43. The van der Waals surface area contributed by atoms with E-state index in [1.54, 1.807) is 47.8 Å². The highest BCUT2D eigenvalue weighted by molar-refractivity contribution is 7.99. The minimum absolute atomic E-state index is 0. The molecule has 166 valence electrons. The van der Waals surface area contributed by atoms with Crippen LogP contribution in [0.3, 0.4) is 0 Å². The fraction of sp³-hybridized carbons (Fsp3) is 0. The van der Waals surface area contributed by atoms with E-state index in [0.29, 0.717) is 0 Å². The standard InChI is InChI=1S/C12H11FN2S.C12H10FNS.ClH/c13-9-1-5-11(6-2-9)16-12-7-3-10(15-14)4-8-12;13-9-1-5-11(6-2-9)15-12-7-3-10(14)4-8-12;/h1-8,15H,14H2;1-8H,14H2;1H. The summed E-state index contributed by atoms with van der Waals surface area (Å²) in [7, 11) is 0. The summed E-state index contributed by atoms with van der Waals surface area (Å²) in [5, 5.41) is 0. The second kappa shape index (κ2) is 13.0. The number of benzene rings is 4. The molecule has 0 spiro atoms. The molecule has 0 saturated carbocycles. The smallest absolute Gasteiger partial charge is 0.123 e. The highest BCUT2D eigenvalue weighted by Crippen LogP contribution is 2.29. The largest absolute Gasteiger partial charge is 0.399 e. The van der Waals surface area contributed by atoms with Crippen molar-refractivity contribution in [2.45, 2.75) is 19.6 Å². The van der Waals surface area contributed by atoms with Gasteiger partial charge in [0, 0.05) is 31.0 Å². The van der Waals surface area contributed by atoms with Crippen molar-refractivity contribution in [3.8, 4) is 0 Å². The van der Waals surface area contributed by atoms with Crippen molar-refractivity contribution >= 4 is 47.3 Å². The highest BCUT2D eigenvalue weighted by atomic mass is 35.5. The van der Waals surface area contributed by atoms with Crippen LogP contribution < -0.4 is 17.0 Å². The Labute approximate surface area is 201 Å². The molecule has 4 aromatic carbocycles. The van der Waals surface area contributed by atoms with Gasteiger partial charge in [-0.2, -0.15) is 0 Å². The SMILES string of the molecule is Cl.NNc1ccc(Sc2ccc(F)cc2)cc1.Nc1ccc(Sc2ccc(F)cc2)cc1. The molecule has 32 heavy (non-hydrogen) atoms. The van der Waals surface area contributed by atoms with Crippen LogP contribution in [0.4, 0.5) is 20.2 Å². The predicted molar refractivity (Wildman–Crippen MR) is 133 cm³/mol. The molecule has 0 saturated heterocycles. The van der Waals surface area contributed by atoms with Crippen molar-refractivity contribution in [1.29, 1.82) is 0 Å². The second-order valence-electron chi connectivity index (χ2n) is 6.35. The summed E-state index contributed by atoms with van der Waals surface area (Å²) < 4.78 is 25.3. The molecule has 0 aliphatic rings. The molecule has 0 aliphatic heterocycles. The summed E-state index contributed by atoms with van der Waals surface area (Å²) in [4.78, 5) is 4.21. The molecule has 0 amide bonds. The number of nitrogen functional groups attached to an aromatic ring is 2. The lowest BCUT2D eigenvalue weighted by molar-refractivity contribution is 0.626. The fourth-order valence-electron chi connectivity index (χ4n) is 2.43. The number of anilines is 2. The maximum atomic E-state index is 12.7. The number of halogens is 3. The molecule has 0 unspecified atom stereocenters. The maximum absolute atomic E-state index is 12.7. The predicted octanol–water partition coefficient (Wildman–Crippen LogP) is 7.24. The van der Waals surface area contributed by atoms with Gasteiger partial charge in [0.2, 0.25) is 0 Å². The lowest BCUT2D eigenvalue weighted by Crippen LogP contribution is -2.05. The summed E-state index contributed by atoms with van der Waals surface area (Å²) in [6.45, 7) is 0. The van der Waals surface area contributed by atoms with Gasteiger partial charge < -0.3 is 11.2 Å². The molecule has 0 atom stereocenters. The summed E-state index contributed by atoms with van der Waals surface area (Å²) >= 11 is 3.16. The number of rotatable bonds is 5. The van der Waals surface area contributed by atoms with Crippen molar-refractivity contribution in [3.05, 3.63) is 109 Å². The van der Waals surface area contributed by atoms with Gasteiger partial charge in [-0.3, -0.25) is 5.84 Å². The number of hydrazine groups is 1. The summed E-state index contributed by atoms with van der Waals surface area (Å²) in [6, 6.07) is 28.2. The van der Waals surface area contributed by atoms with Gasteiger partial charge in [0.05, 0.1) is 0 Å². The van der Waals surface area contributed by atoms with E-state index in [1.165, 1.54) is 24.3 Å². The molecule has 8 heteroatoms. The summed E-state index contributed by atoms with van der Waals surface area (Å²) in [5.41, 5.74) is 9.76. The summed E-state index contributed by atoms with van der Waals surface area (Å²) in [6.07, 6.45) is 0. The Bertz CT molecular complexity index is 1030. The zero-order valence-corrected chi connectivity index (χ0v) is 19.3. The molecule has 0 aromatic heterocycles. The van der Waals surface area contributed by atoms with Crippen LogP contribution in [-0.2, 0) is 0 Å². The monoisotopic (exact) mass is 489 g/mol. The number of nitrogens with one attached hydrogen (secondary N) is 1. The zero-order valence-electron chi connectivity index (χ0n) is 16.9. The first-order valence-corrected chi connectivity index (χ1v) is 10.9. The van der Waals surface area contributed by atoms with E-state index in [1.807, 2.05) is 48.5 Å². The number of hydrogen-bond acceptors (Lipinski definition) is 5. The van der Waals surface area contributed by atoms with Gasteiger partial charge in [0.25, 0.3) is 0 Å². The molecule has 0 aliphatic carbocycles. The maximum Gasteiger partial charge on any atom is 0.123 e. The van der Waals surface area contributed by atoms with Gasteiger partial charge in [0.15, 0.2) is 0 Å². The topological polar surface area (TPSA) is 64.1 Å². The Morgan fingerprint density at radius 3 is 1.19 bits per heavy atom. The van der Waals surface area contributed by atoms with Crippen LogP contribution in [0.1, 0.15) is 0 Å². The van der Waals surface area contributed by atoms with Crippen LogP contribution in [0.15, 0.2) is 117 Å². The minimum Gasteiger partial charge on any atom is -0.399 e. The van der Waals surface area contributed by atoms with Crippen LogP contribution in [-0.4, -0.2) is 0 Å². The average molecular weight is 490 g/mol. The van der Waals surface area contributed by atoms with Crippen molar-refractivity contribution in [2.24, 2.45) is 5.84 Å². The van der Waals surface area contributed by atoms with Crippen molar-refractivity contribution < 1.29 is 8.78 Å². The first-order valence-electron chi connectivity index (χ1n) is 9.31. The molecule has 0 bridgehead atoms. The van der Waals surface area contributed by atoms with E-state index in [2.05, 4.69) is 5.43 Å². The Kier molecular flexibility index (Phi) is 10.4. The van der Waals surface area contributed by atoms with Gasteiger partial charge >= 0.3 is 0 Å². The van der Waals surface area contributed by atoms with Crippen LogP contribution in [0, 0.1) is 11.6 Å². The van der Waals surface area contributed by atoms with E-state index in [9.17, 15) is 8.78 Å². The zero-order chi connectivity index (χ0) is 22.1. The van der Waals surface area contributed by atoms with E-state index in [-0.39, 0.29) is 24.0 Å². The lowest BCUT2D eigenvalue weighted by Gasteiger charge is -2.03. The minimum atomic E-state index is -0.216. The van der Waals surface area contributed by atoms with Crippen molar-refractivity contribution in [1.82, 2.24) is 0 Å². The Morgan fingerprint density at radius 2 is 0.844 bits per heavy atom. The second-order valence-corrected chi connectivity index (χ2v) is 8.64. The Morgan fingerprint density at radius 1 is 0.531 bits per heavy atom. The molecule has 0 fully saturated rings. The number of hydrogen-bond donors (Lipinski definition) is 3. The lowest BCUT2D eigenvalue weighted by atomic mass is 10.3. The molecule has 0 heterocycles. The van der Waals surface area contributed by atoms with E-state index in [0.717, 1.165) is 31.0 Å². The fourth-order valence-corrected chi connectivity index (χ4v) is 4.07. The van der Waals surface area contributed by atoms with E-state index in [4.69, 9.17) is 11.6 Å². The normalized spacial score (nSPS) is 9.84. The Hall–Kier alpha value is -2.71. The molecule has 5 N–H and O–H groups in total. The van der Waals surface area contributed by atoms with Gasteiger partial charge in [0.1, 0.15) is 11.6 Å². The molecule has 3 nitrogen and oxygen atoms in total. The van der Waals surface area contributed by atoms with Gasteiger partial charge in [-0.05, 0) is 97.1 Å². The molecule has 4 rings (SSSR count). The van der Waals surface area contributed by atoms with Gasteiger partial charge in [-0.1, -0.05) is 23.5 Å². The van der Waals surface area contributed by atoms with E-state index < -0.39 is 0 Å². The summed E-state index contributed by atoms with van der Waals surface area (Å²) in [5.74, 6) is 4.84. The van der Waals surface area contributed by atoms with Gasteiger partial charge in [-0.25, -0.2) is 8.78 Å². The average Bonchev–Trinajstić information content (AvgIpc) is 2.79. The first-order chi connectivity index (χ1) is 15.0. The van der Waals surface area contributed by atoms with Crippen LogP contribution in [0.2, 0.25) is 0 Å². The van der Waals surface area contributed by atoms with Crippen molar-refractivity contribution in [3.63, 3.8) is 0 Å². The Balaban J connectivity index is 0.000000220. The van der Waals surface area contributed by atoms with Crippen molar-refractivity contribution in [2.75, 3.05) is 11.2 Å². The van der Waals surface area contributed by atoms with Crippen LogP contribution in [0.25, 0.3) is 0 Å². The molecule has 0 radical (unpaired) electrons. The third-order valence-corrected chi connectivity index (χ3v) is 6.03. The molecule has 4 aromatic rings. The van der Waals surface area contributed by atoms with Crippen LogP contribution >= 0.6 is 35.9 Å². The first kappa shape index (κ1) is 25.5. The van der Waals surface area contributed by atoms with Gasteiger partial charge in [-0.15, -0.1) is 12.4 Å². The van der Waals surface area contributed by atoms with Crippen LogP contribution in [0.5, 0.6) is 0 Å².